The lowest BCUT2D eigenvalue weighted by Gasteiger charge is -2.28. The van der Waals surface area contributed by atoms with Gasteiger partial charge in [0.05, 0.1) is 12.8 Å². The minimum Gasteiger partial charge on any atom is -0.497 e. The summed E-state index contributed by atoms with van der Waals surface area (Å²) in [5.74, 6) is -0.130. The van der Waals surface area contributed by atoms with Crippen molar-refractivity contribution in [3.8, 4) is 11.4 Å². The normalized spacial score (nSPS) is 15.6. The van der Waals surface area contributed by atoms with Crippen molar-refractivity contribution in [2.45, 2.75) is 26.2 Å². The molecule has 9 heteroatoms. The molecule has 3 amide bonds. The molecule has 0 radical (unpaired) electrons. The van der Waals surface area contributed by atoms with Crippen LogP contribution in [0.5, 0.6) is 5.75 Å². The Morgan fingerprint density at radius 2 is 1.71 bits per heavy atom. The minimum atomic E-state index is -0.665. The Bertz CT molecular complexity index is 1310. The molecule has 2 aliphatic heterocycles. The Labute approximate surface area is 196 Å². The van der Waals surface area contributed by atoms with Crippen LogP contribution in [0.4, 0.5) is 11.4 Å². The molecule has 9 nitrogen and oxygen atoms in total. The zero-order valence-corrected chi connectivity index (χ0v) is 19.1. The van der Waals surface area contributed by atoms with Crippen LogP contribution in [-0.2, 0) is 11.2 Å². The van der Waals surface area contributed by atoms with Gasteiger partial charge in [-0.3, -0.25) is 14.4 Å². The lowest BCUT2D eigenvalue weighted by atomic mass is 10.0. The van der Waals surface area contributed by atoms with Gasteiger partial charge in [0.2, 0.25) is 5.91 Å². The summed E-state index contributed by atoms with van der Waals surface area (Å²) in [5, 5.41) is 4.44. The smallest absolute Gasteiger partial charge is 0.277 e. The molecule has 2 N–H and O–H groups in total. The highest BCUT2D eigenvalue weighted by Gasteiger charge is 2.35. The van der Waals surface area contributed by atoms with Crippen molar-refractivity contribution in [2.24, 2.45) is 5.73 Å². The van der Waals surface area contributed by atoms with E-state index < -0.39 is 5.91 Å². The molecule has 0 spiro atoms. The molecule has 2 aliphatic rings. The van der Waals surface area contributed by atoms with E-state index in [1.54, 1.807) is 29.0 Å². The van der Waals surface area contributed by atoms with Gasteiger partial charge in [0.15, 0.2) is 5.69 Å². The molecule has 0 aliphatic carbocycles. The van der Waals surface area contributed by atoms with Crippen molar-refractivity contribution in [3.63, 3.8) is 0 Å². The van der Waals surface area contributed by atoms with E-state index in [2.05, 4.69) is 5.10 Å². The topological polar surface area (TPSA) is 111 Å². The first-order valence-electron chi connectivity index (χ1n) is 11.2. The van der Waals surface area contributed by atoms with Gasteiger partial charge in [-0.2, -0.15) is 5.10 Å². The van der Waals surface area contributed by atoms with Crippen molar-refractivity contribution in [3.05, 3.63) is 65.0 Å². The number of carbonyl (C=O) groups is 3. The van der Waals surface area contributed by atoms with Gasteiger partial charge in [0.1, 0.15) is 11.4 Å². The molecule has 174 valence electrons. The number of rotatable bonds is 5. The maximum Gasteiger partial charge on any atom is 0.277 e. The molecular formula is C25H25N5O4. The molecule has 3 heterocycles. The summed E-state index contributed by atoms with van der Waals surface area (Å²) in [5.41, 5.74) is 9.64. The Balaban J connectivity index is 1.54. The predicted molar refractivity (Wildman–Crippen MR) is 127 cm³/mol. The van der Waals surface area contributed by atoms with Crippen LogP contribution in [0.25, 0.3) is 5.69 Å². The molecule has 0 saturated carbocycles. The van der Waals surface area contributed by atoms with E-state index in [1.807, 2.05) is 37.3 Å². The molecule has 0 bridgehead atoms. The number of carbonyl (C=O) groups excluding carboxylic acids is 3. The first-order chi connectivity index (χ1) is 16.4. The summed E-state index contributed by atoms with van der Waals surface area (Å²) < 4.78 is 6.80. The highest BCUT2D eigenvalue weighted by molar-refractivity contribution is 6.09. The number of nitrogens with two attached hydrogens (primary N) is 1. The zero-order valence-electron chi connectivity index (χ0n) is 19.1. The summed E-state index contributed by atoms with van der Waals surface area (Å²) >= 11 is 0. The molecule has 2 aromatic carbocycles. The lowest BCUT2D eigenvalue weighted by Crippen LogP contribution is -2.39. The number of benzene rings is 2. The van der Waals surface area contributed by atoms with E-state index in [0.717, 1.165) is 17.7 Å². The van der Waals surface area contributed by atoms with E-state index in [4.69, 9.17) is 10.5 Å². The summed E-state index contributed by atoms with van der Waals surface area (Å²) in [6.07, 6.45) is 1.86. The highest BCUT2D eigenvalue weighted by Crippen LogP contribution is 2.32. The Hall–Kier alpha value is -4.14. The fourth-order valence-electron chi connectivity index (χ4n) is 4.70. The maximum atomic E-state index is 13.7. The number of primary amides is 1. The third-order valence-corrected chi connectivity index (χ3v) is 6.43. The van der Waals surface area contributed by atoms with Gasteiger partial charge < -0.3 is 20.3 Å². The van der Waals surface area contributed by atoms with E-state index in [-0.39, 0.29) is 17.5 Å². The third kappa shape index (κ3) is 3.49. The van der Waals surface area contributed by atoms with Gasteiger partial charge in [-0.05, 0) is 67.8 Å². The quantitative estimate of drug-likeness (QED) is 0.631. The highest BCUT2D eigenvalue weighted by atomic mass is 16.5. The molecule has 3 aromatic rings. The largest absolute Gasteiger partial charge is 0.497 e. The van der Waals surface area contributed by atoms with Crippen molar-refractivity contribution in [1.29, 1.82) is 0 Å². The lowest BCUT2D eigenvalue weighted by molar-refractivity contribution is -0.117. The molecule has 1 fully saturated rings. The summed E-state index contributed by atoms with van der Waals surface area (Å²) in [6, 6.07) is 12.8. The second-order valence-corrected chi connectivity index (χ2v) is 8.48. The number of fused-ring (bicyclic) bond motifs is 1. The van der Waals surface area contributed by atoms with Crippen molar-refractivity contribution in [1.82, 2.24) is 9.78 Å². The standard InChI is InChI=1S/C25H25N5O4/c1-15-14-18(34-2)9-10-20(15)30-23-19(22(27-30)24(26)32)11-13-29(25(23)33)17-7-5-16(6-8-17)28-12-3-4-21(28)31/h5-10,14H,3-4,11-13H2,1-2H3,(H2,26,32). The first kappa shape index (κ1) is 21.7. The SMILES string of the molecule is COc1ccc(-n2nc(C(N)=O)c3c2C(=O)N(c2ccc(N4CCCC4=O)cc2)CC3)c(C)c1. The van der Waals surface area contributed by atoms with E-state index in [9.17, 15) is 14.4 Å². The monoisotopic (exact) mass is 459 g/mol. The van der Waals surface area contributed by atoms with E-state index in [1.165, 1.54) is 4.68 Å². The molecule has 0 atom stereocenters. The molecule has 34 heavy (non-hydrogen) atoms. The number of nitrogens with zero attached hydrogens (tertiary/aromatic N) is 4. The van der Waals surface area contributed by atoms with Crippen molar-refractivity contribution < 1.29 is 19.1 Å². The number of methoxy groups -OCH3 is 1. The number of aromatic nitrogens is 2. The van der Waals surface area contributed by atoms with Gasteiger partial charge in [0, 0.05) is 36.4 Å². The number of aryl methyl sites for hydroxylation is 1. The van der Waals surface area contributed by atoms with Crippen LogP contribution in [0.3, 0.4) is 0 Å². The van der Waals surface area contributed by atoms with Gasteiger partial charge in [-0.15, -0.1) is 0 Å². The molecule has 1 aromatic heterocycles. The molecular weight excluding hydrogens is 434 g/mol. The average molecular weight is 460 g/mol. The molecule has 0 unspecified atom stereocenters. The van der Waals surface area contributed by atoms with E-state index >= 15 is 0 Å². The number of hydrogen-bond acceptors (Lipinski definition) is 5. The van der Waals surface area contributed by atoms with Crippen LogP contribution in [0.1, 0.15) is 44.9 Å². The Kier molecular flexibility index (Phi) is 5.31. The Morgan fingerprint density at radius 1 is 1.00 bits per heavy atom. The van der Waals surface area contributed by atoms with E-state index in [0.29, 0.717) is 54.3 Å². The van der Waals surface area contributed by atoms with Crippen LogP contribution in [0, 0.1) is 6.92 Å². The first-order valence-corrected chi connectivity index (χ1v) is 11.2. The van der Waals surface area contributed by atoms with Gasteiger partial charge in [-0.25, -0.2) is 4.68 Å². The van der Waals surface area contributed by atoms with Crippen LogP contribution in [-0.4, -0.2) is 47.7 Å². The fourth-order valence-corrected chi connectivity index (χ4v) is 4.70. The number of amides is 3. The average Bonchev–Trinajstić information content (AvgIpc) is 3.43. The maximum absolute atomic E-state index is 13.7. The Morgan fingerprint density at radius 3 is 2.29 bits per heavy atom. The van der Waals surface area contributed by atoms with Crippen molar-refractivity contribution in [2.75, 3.05) is 30.0 Å². The van der Waals surface area contributed by atoms with Crippen molar-refractivity contribution >= 4 is 29.1 Å². The molecule has 1 saturated heterocycles. The zero-order chi connectivity index (χ0) is 24.0. The van der Waals surface area contributed by atoms with Gasteiger partial charge in [-0.1, -0.05) is 0 Å². The van der Waals surface area contributed by atoms with Gasteiger partial charge >= 0.3 is 0 Å². The predicted octanol–water partition coefficient (Wildman–Crippen LogP) is 2.62. The summed E-state index contributed by atoms with van der Waals surface area (Å²) in [7, 11) is 1.59. The second kappa shape index (κ2) is 8.33. The van der Waals surface area contributed by atoms with Crippen LogP contribution >= 0.6 is 0 Å². The minimum absolute atomic E-state index is 0.112. The van der Waals surface area contributed by atoms with Crippen LogP contribution < -0.4 is 20.3 Å². The third-order valence-electron chi connectivity index (χ3n) is 6.43. The number of hydrogen-bond donors (Lipinski definition) is 1. The fraction of sp³-hybridized carbons (Fsp3) is 0.280. The van der Waals surface area contributed by atoms with Gasteiger partial charge in [0.25, 0.3) is 11.8 Å². The van der Waals surface area contributed by atoms with Crippen LogP contribution in [0.15, 0.2) is 42.5 Å². The number of anilines is 2. The summed E-state index contributed by atoms with van der Waals surface area (Å²) in [4.78, 5) is 41.3. The summed E-state index contributed by atoms with van der Waals surface area (Å²) in [6.45, 7) is 2.99. The number of ether oxygens (including phenoxy) is 1. The second-order valence-electron chi connectivity index (χ2n) is 8.48. The molecule has 5 rings (SSSR count). The van der Waals surface area contributed by atoms with Crippen LogP contribution in [0.2, 0.25) is 0 Å².